The van der Waals surface area contributed by atoms with Gasteiger partial charge in [-0.05, 0) is 32.6 Å². The van der Waals surface area contributed by atoms with Crippen molar-refractivity contribution in [2.75, 3.05) is 20.3 Å². The van der Waals surface area contributed by atoms with E-state index in [0.29, 0.717) is 6.42 Å². The average Bonchev–Trinajstić information content (AvgIpc) is 2.20. The fourth-order valence-electron chi connectivity index (χ4n) is 1.22. The fraction of sp³-hybridized carbons (Fsp3) is 0.909. The smallest absolute Gasteiger partial charge is 0.220 e. The molecule has 4 nitrogen and oxygen atoms in total. The molecule has 0 aliphatic heterocycles. The Hall–Kier alpha value is -0.320. The molecule has 0 saturated heterocycles. The fourth-order valence-corrected chi connectivity index (χ4v) is 1.22. The number of hydrogen-bond donors (Lipinski definition) is 2. The monoisotopic (exact) mass is 252 g/mol. The number of nitrogens with two attached hydrogens (primary N) is 1. The van der Waals surface area contributed by atoms with E-state index in [2.05, 4.69) is 5.32 Å². The molecule has 5 heteroatoms. The summed E-state index contributed by atoms with van der Waals surface area (Å²) in [6.45, 7) is 3.48. The highest BCUT2D eigenvalue weighted by atomic mass is 35.5. The Morgan fingerprint density at radius 3 is 2.62 bits per heavy atom. The SMILES string of the molecule is COCCCCCNC(=O)CCC(C)N.Cl. The number of ether oxygens (including phenoxy) is 1. The van der Waals surface area contributed by atoms with Gasteiger partial charge in [0, 0.05) is 32.7 Å². The maximum absolute atomic E-state index is 11.2. The molecule has 16 heavy (non-hydrogen) atoms. The van der Waals surface area contributed by atoms with Crippen LogP contribution >= 0.6 is 12.4 Å². The van der Waals surface area contributed by atoms with Crippen LogP contribution in [0.5, 0.6) is 0 Å². The first-order chi connectivity index (χ1) is 7.16. The quantitative estimate of drug-likeness (QED) is 0.611. The van der Waals surface area contributed by atoms with Crippen molar-refractivity contribution in [3.05, 3.63) is 0 Å². The number of methoxy groups -OCH3 is 1. The summed E-state index contributed by atoms with van der Waals surface area (Å²) in [5.41, 5.74) is 5.56. The molecular formula is C11H25ClN2O2. The molecule has 0 heterocycles. The molecule has 1 unspecified atom stereocenters. The molecule has 0 aliphatic rings. The summed E-state index contributed by atoms with van der Waals surface area (Å²) in [4.78, 5) is 11.2. The van der Waals surface area contributed by atoms with E-state index < -0.39 is 0 Å². The van der Waals surface area contributed by atoms with Gasteiger partial charge < -0.3 is 15.8 Å². The van der Waals surface area contributed by atoms with E-state index >= 15 is 0 Å². The summed E-state index contributed by atoms with van der Waals surface area (Å²) in [6, 6.07) is 0.109. The molecule has 0 spiro atoms. The van der Waals surface area contributed by atoms with Gasteiger partial charge in [0.1, 0.15) is 0 Å². The van der Waals surface area contributed by atoms with E-state index in [-0.39, 0.29) is 24.4 Å². The molecule has 98 valence electrons. The van der Waals surface area contributed by atoms with Crippen LogP contribution in [0.25, 0.3) is 0 Å². The number of carbonyl (C=O) groups excluding carboxylic acids is 1. The summed E-state index contributed by atoms with van der Waals surface area (Å²) in [7, 11) is 1.70. The number of carbonyl (C=O) groups is 1. The van der Waals surface area contributed by atoms with Gasteiger partial charge in [-0.3, -0.25) is 4.79 Å². The molecule has 1 amide bonds. The second kappa shape index (κ2) is 12.7. The molecule has 0 saturated carbocycles. The highest BCUT2D eigenvalue weighted by Crippen LogP contribution is 1.96. The summed E-state index contributed by atoms with van der Waals surface area (Å²) in [5.74, 6) is 0.110. The molecule has 0 radical (unpaired) electrons. The molecule has 0 rings (SSSR count). The normalized spacial score (nSPS) is 11.7. The van der Waals surface area contributed by atoms with E-state index in [9.17, 15) is 4.79 Å². The third-order valence-electron chi connectivity index (χ3n) is 2.17. The maximum Gasteiger partial charge on any atom is 0.220 e. The molecular weight excluding hydrogens is 228 g/mol. The molecule has 0 aromatic carbocycles. The van der Waals surface area contributed by atoms with Gasteiger partial charge in [0.15, 0.2) is 0 Å². The predicted octanol–water partition coefficient (Wildman–Crippen LogP) is 1.47. The Morgan fingerprint density at radius 2 is 2.06 bits per heavy atom. The lowest BCUT2D eigenvalue weighted by Gasteiger charge is -2.06. The number of nitrogens with one attached hydrogen (secondary N) is 1. The number of unbranched alkanes of at least 4 members (excludes halogenated alkanes) is 2. The van der Waals surface area contributed by atoms with Crippen LogP contribution in [0.2, 0.25) is 0 Å². The first-order valence-corrected chi connectivity index (χ1v) is 5.68. The zero-order valence-corrected chi connectivity index (χ0v) is 11.1. The topological polar surface area (TPSA) is 64.3 Å². The lowest BCUT2D eigenvalue weighted by atomic mass is 10.2. The van der Waals surface area contributed by atoms with E-state index in [1.54, 1.807) is 7.11 Å². The van der Waals surface area contributed by atoms with Crippen LogP contribution in [0.4, 0.5) is 0 Å². The van der Waals surface area contributed by atoms with Crippen molar-refractivity contribution in [2.24, 2.45) is 5.73 Å². The Balaban J connectivity index is 0. The number of hydrogen-bond acceptors (Lipinski definition) is 3. The van der Waals surface area contributed by atoms with E-state index in [4.69, 9.17) is 10.5 Å². The molecule has 0 bridgehead atoms. The van der Waals surface area contributed by atoms with Gasteiger partial charge in [0.05, 0.1) is 0 Å². The third kappa shape index (κ3) is 13.7. The lowest BCUT2D eigenvalue weighted by molar-refractivity contribution is -0.121. The van der Waals surface area contributed by atoms with Crippen molar-refractivity contribution in [1.82, 2.24) is 5.32 Å². The zero-order valence-electron chi connectivity index (χ0n) is 10.3. The maximum atomic E-state index is 11.2. The van der Waals surface area contributed by atoms with Gasteiger partial charge in [0.2, 0.25) is 5.91 Å². The minimum atomic E-state index is 0. The van der Waals surface area contributed by atoms with Crippen LogP contribution in [0, 0.1) is 0 Å². The molecule has 0 aromatic rings. The van der Waals surface area contributed by atoms with E-state index in [1.165, 1.54) is 0 Å². The van der Waals surface area contributed by atoms with Crippen LogP contribution in [0.1, 0.15) is 39.0 Å². The van der Waals surface area contributed by atoms with Crippen LogP contribution in [0.3, 0.4) is 0 Å². The highest BCUT2D eigenvalue weighted by molar-refractivity contribution is 5.85. The second-order valence-corrected chi connectivity index (χ2v) is 3.92. The molecule has 0 fully saturated rings. The van der Waals surface area contributed by atoms with Gasteiger partial charge >= 0.3 is 0 Å². The summed E-state index contributed by atoms with van der Waals surface area (Å²) >= 11 is 0. The largest absolute Gasteiger partial charge is 0.385 e. The van der Waals surface area contributed by atoms with Gasteiger partial charge in [-0.2, -0.15) is 0 Å². The van der Waals surface area contributed by atoms with E-state index in [1.807, 2.05) is 6.92 Å². The predicted molar refractivity (Wildman–Crippen MR) is 68.9 cm³/mol. The molecule has 0 aromatic heterocycles. The van der Waals surface area contributed by atoms with Crippen LogP contribution in [0.15, 0.2) is 0 Å². The number of rotatable bonds is 9. The van der Waals surface area contributed by atoms with Crippen molar-refractivity contribution in [1.29, 1.82) is 0 Å². The minimum Gasteiger partial charge on any atom is -0.385 e. The Morgan fingerprint density at radius 1 is 1.38 bits per heavy atom. The summed E-state index contributed by atoms with van der Waals surface area (Å²) in [6.07, 6.45) is 4.48. The van der Waals surface area contributed by atoms with Crippen LogP contribution in [-0.4, -0.2) is 32.2 Å². The minimum absolute atomic E-state index is 0. The molecule has 0 aliphatic carbocycles. The van der Waals surface area contributed by atoms with Crippen molar-refractivity contribution >= 4 is 18.3 Å². The van der Waals surface area contributed by atoms with Crippen LogP contribution in [-0.2, 0) is 9.53 Å². The third-order valence-corrected chi connectivity index (χ3v) is 2.17. The number of amides is 1. The highest BCUT2D eigenvalue weighted by Gasteiger charge is 2.02. The lowest BCUT2D eigenvalue weighted by Crippen LogP contribution is -2.26. The second-order valence-electron chi connectivity index (χ2n) is 3.92. The van der Waals surface area contributed by atoms with Crippen molar-refractivity contribution in [3.63, 3.8) is 0 Å². The first-order valence-electron chi connectivity index (χ1n) is 5.68. The Bertz CT molecular complexity index is 166. The average molecular weight is 253 g/mol. The van der Waals surface area contributed by atoms with Gasteiger partial charge in [0.25, 0.3) is 0 Å². The Kier molecular flexibility index (Phi) is 14.4. The van der Waals surface area contributed by atoms with Gasteiger partial charge in [-0.15, -0.1) is 12.4 Å². The van der Waals surface area contributed by atoms with Crippen molar-refractivity contribution in [3.8, 4) is 0 Å². The van der Waals surface area contributed by atoms with Gasteiger partial charge in [-0.1, -0.05) is 0 Å². The van der Waals surface area contributed by atoms with E-state index in [0.717, 1.165) is 38.8 Å². The van der Waals surface area contributed by atoms with Gasteiger partial charge in [-0.25, -0.2) is 0 Å². The summed E-state index contributed by atoms with van der Waals surface area (Å²) in [5, 5.41) is 2.88. The van der Waals surface area contributed by atoms with Crippen molar-refractivity contribution in [2.45, 2.75) is 45.1 Å². The van der Waals surface area contributed by atoms with Crippen LogP contribution < -0.4 is 11.1 Å². The number of halogens is 1. The van der Waals surface area contributed by atoms with Crippen molar-refractivity contribution < 1.29 is 9.53 Å². The molecule has 1 atom stereocenters. The first kappa shape index (κ1) is 18.1. The molecule has 3 N–H and O–H groups in total. The zero-order chi connectivity index (χ0) is 11.5. The summed E-state index contributed by atoms with van der Waals surface area (Å²) < 4.78 is 4.93. The standard InChI is InChI=1S/C11H24N2O2.ClH/c1-10(12)6-7-11(14)13-8-4-3-5-9-15-2;/h10H,3-9,12H2,1-2H3,(H,13,14);1H. The Labute approximate surface area is 105 Å².